The number of aromatic nitrogens is 4. The lowest BCUT2D eigenvalue weighted by Crippen LogP contribution is -2.26. The van der Waals surface area contributed by atoms with Crippen LogP contribution in [0.4, 0.5) is 0 Å². The van der Waals surface area contributed by atoms with Crippen molar-refractivity contribution >= 4 is 66.7 Å². The van der Waals surface area contributed by atoms with Gasteiger partial charge in [-0.05, 0) is 22.2 Å². The fourth-order valence-corrected chi connectivity index (χ4v) is 5.93. The van der Waals surface area contributed by atoms with E-state index in [2.05, 4.69) is 51.0 Å². The van der Waals surface area contributed by atoms with E-state index >= 15 is 0 Å². The maximum Gasteiger partial charge on any atom is 0.198 e. The monoisotopic (exact) mass is 470 g/mol. The van der Waals surface area contributed by atoms with E-state index < -0.39 is 0 Å². The first-order valence-electron chi connectivity index (χ1n) is 8.30. The van der Waals surface area contributed by atoms with Gasteiger partial charge in [-0.2, -0.15) is 0 Å². The Balaban J connectivity index is 1.91. The topological polar surface area (TPSA) is 52.3 Å². The maximum absolute atomic E-state index is 6.05. The summed E-state index contributed by atoms with van der Waals surface area (Å²) in [6, 6.07) is 0. The Bertz CT molecular complexity index is 997. The van der Waals surface area contributed by atoms with E-state index in [1.165, 1.54) is 10.4 Å². The molecule has 0 bridgehead atoms. The van der Waals surface area contributed by atoms with Crippen molar-refractivity contribution in [3.8, 4) is 0 Å². The largest absolute Gasteiger partial charge is 0.372 e. The van der Waals surface area contributed by atoms with Gasteiger partial charge in [0.2, 0.25) is 0 Å². The van der Waals surface area contributed by atoms with Gasteiger partial charge in [0.1, 0.15) is 4.83 Å². The molecule has 0 fully saturated rings. The van der Waals surface area contributed by atoms with Crippen LogP contribution in [-0.4, -0.2) is 37.7 Å². The van der Waals surface area contributed by atoms with E-state index in [4.69, 9.17) is 9.72 Å². The molecule has 0 spiro atoms. The summed E-state index contributed by atoms with van der Waals surface area (Å²) in [7, 11) is 0. The quantitative estimate of drug-likeness (QED) is 0.379. The van der Waals surface area contributed by atoms with Gasteiger partial charge in [-0.25, -0.2) is 9.38 Å². The van der Waals surface area contributed by atoms with Crippen molar-refractivity contribution in [2.45, 2.75) is 43.3 Å². The molecule has 4 rings (SSSR count). The molecule has 26 heavy (non-hydrogen) atoms. The summed E-state index contributed by atoms with van der Waals surface area (Å²) in [6.07, 6.45) is 3.20. The van der Waals surface area contributed by atoms with Gasteiger partial charge in [-0.15, -0.1) is 21.5 Å². The van der Waals surface area contributed by atoms with E-state index in [1.807, 2.05) is 6.26 Å². The summed E-state index contributed by atoms with van der Waals surface area (Å²) < 4.78 is 9.07. The van der Waals surface area contributed by atoms with Crippen LogP contribution in [0.3, 0.4) is 0 Å². The highest BCUT2D eigenvalue weighted by Crippen LogP contribution is 2.40. The molecule has 4 heterocycles. The predicted molar refractivity (Wildman–Crippen MR) is 114 cm³/mol. The third-order valence-corrected chi connectivity index (χ3v) is 7.84. The second-order valence-electron chi connectivity index (χ2n) is 6.53. The summed E-state index contributed by atoms with van der Waals surface area (Å²) in [5, 5.41) is 11.9. The van der Waals surface area contributed by atoms with Gasteiger partial charge in [0.25, 0.3) is 0 Å². The fourth-order valence-electron chi connectivity index (χ4n) is 3.13. The number of thiophene rings is 1. The molecule has 0 unspecified atom stereocenters. The Morgan fingerprint density at radius 3 is 2.92 bits per heavy atom. The fraction of sp³-hybridized carbons (Fsp3) is 0.471. The molecule has 0 aliphatic carbocycles. The van der Waals surface area contributed by atoms with Crippen LogP contribution >= 0.6 is 50.8 Å². The average Bonchev–Trinajstić information content (AvgIpc) is 3.19. The van der Waals surface area contributed by atoms with Gasteiger partial charge in [0, 0.05) is 17.1 Å². The van der Waals surface area contributed by atoms with Gasteiger partial charge in [-0.1, -0.05) is 59.9 Å². The van der Waals surface area contributed by atoms with Gasteiger partial charge in [0.05, 0.1) is 18.1 Å². The zero-order chi connectivity index (χ0) is 18.4. The van der Waals surface area contributed by atoms with Crippen molar-refractivity contribution in [1.82, 2.24) is 19.6 Å². The molecule has 138 valence electrons. The number of ether oxygens (including phenoxy) is 1. The second kappa shape index (κ2) is 7.43. The molecule has 1 aliphatic heterocycles. The van der Waals surface area contributed by atoms with Crippen molar-refractivity contribution in [2.24, 2.45) is 5.92 Å². The average molecular weight is 471 g/mol. The van der Waals surface area contributed by atoms with Crippen molar-refractivity contribution in [3.05, 3.63) is 21.5 Å². The minimum atomic E-state index is 0.245. The Morgan fingerprint density at radius 2 is 2.23 bits per heavy atom. The maximum atomic E-state index is 6.05. The molecule has 3 aromatic heterocycles. The molecular formula is C17H19BrN4OS3. The summed E-state index contributed by atoms with van der Waals surface area (Å²) in [4.78, 5) is 7.23. The third-order valence-electron chi connectivity index (χ3n) is 4.44. The number of fused-ring (bicyclic) bond motifs is 5. The Hall–Kier alpha value is -0.610. The smallest absolute Gasteiger partial charge is 0.198 e. The van der Waals surface area contributed by atoms with E-state index in [9.17, 15) is 0 Å². The van der Waals surface area contributed by atoms with Gasteiger partial charge >= 0.3 is 0 Å². The first kappa shape index (κ1) is 18.7. The molecule has 1 aliphatic rings. The van der Waals surface area contributed by atoms with Gasteiger partial charge < -0.3 is 4.74 Å². The number of hydrogen-bond donors (Lipinski definition) is 0. The Kier molecular flexibility index (Phi) is 5.35. The SMILES string of the molecule is C=C(Br)CSc1nnc2c3c4c(sc3nc(SC)n12)CO[C@@H](C(C)C)C4. The molecule has 1 atom stereocenters. The summed E-state index contributed by atoms with van der Waals surface area (Å²) >= 11 is 8.38. The van der Waals surface area contributed by atoms with Crippen LogP contribution in [0, 0.1) is 5.92 Å². The lowest BCUT2D eigenvalue weighted by molar-refractivity contribution is 0.00203. The van der Waals surface area contributed by atoms with Crippen molar-refractivity contribution in [2.75, 3.05) is 12.0 Å². The van der Waals surface area contributed by atoms with E-state index in [1.54, 1.807) is 34.9 Å². The highest BCUT2D eigenvalue weighted by Gasteiger charge is 2.28. The van der Waals surface area contributed by atoms with Crippen LogP contribution in [0.2, 0.25) is 0 Å². The molecule has 3 aromatic rings. The van der Waals surface area contributed by atoms with Crippen LogP contribution in [0.15, 0.2) is 21.4 Å². The lowest BCUT2D eigenvalue weighted by Gasteiger charge is -2.26. The lowest BCUT2D eigenvalue weighted by atomic mass is 9.96. The number of halogens is 1. The summed E-state index contributed by atoms with van der Waals surface area (Å²) in [5.74, 6) is 1.24. The molecule has 0 radical (unpaired) electrons. The number of rotatable bonds is 5. The van der Waals surface area contributed by atoms with Gasteiger partial charge in [0.15, 0.2) is 16.0 Å². The predicted octanol–water partition coefficient (Wildman–Crippen LogP) is 5.16. The minimum absolute atomic E-state index is 0.245. The highest BCUT2D eigenvalue weighted by molar-refractivity contribution is 9.11. The number of thioether (sulfide) groups is 2. The molecule has 5 nitrogen and oxygen atoms in total. The van der Waals surface area contributed by atoms with Crippen LogP contribution < -0.4 is 0 Å². The normalized spacial score (nSPS) is 17.3. The van der Waals surface area contributed by atoms with Crippen molar-refractivity contribution in [3.63, 3.8) is 0 Å². The number of nitrogens with zero attached hydrogens (tertiary/aromatic N) is 4. The molecule has 0 aromatic carbocycles. The second-order valence-corrected chi connectivity index (χ2v) is 10.4. The number of hydrogen-bond acceptors (Lipinski definition) is 7. The van der Waals surface area contributed by atoms with Crippen LogP contribution in [-0.2, 0) is 17.8 Å². The molecular weight excluding hydrogens is 452 g/mol. The highest BCUT2D eigenvalue weighted by atomic mass is 79.9. The minimum Gasteiger partial charge on any atom is -0.372 e. The molecule has 0 amide bonds. The van der Waals surface area contributed by atoms with Crippen LogP contribution in [0.25, 0.3) is 15.9 Å². The Morgan fingerprint density at radius 1 is 1.42 bits per heavy atom. The van der Waals surface area contributed by atoms with E-state index in [0.29, 0.717) is 12.5 Å². The van der Waals surface area contributed by atoms with Crippen molar-refractivity contribution in [1.29, 1.82) is 0 Å². The molecule has 0 saturated carbocycles. The third kappa shape index (κ3) is 3.22. The first-order valence-corrected chi connectivity index (χ1v) is 12.1. The van der Waals surface area contributed by atoms with E-state index in [-0.39, 0.29) is 6.10 Å². The molecule has 9 heteroatoms. The van der Waals surface area contributed by atoms with Crippen molar-refractivity contribution < 1.29 is 4.74 Å². The standard InChI is InChI=1S/C17H19BrN4OS3/c1-8(2)11-5-10-12(6-23-11)26-15-13(10)14-20-21-17(25-7-9(3)18)22(14)16(19-15)24-4/h8,11H,3,5-7H2,1-2,4H3/t11-/m1/s1. The summed E-state index contributed by atoms with van der Waals surface area (Å²) in [6.45, 7) is 8.99. The first-order chi connectivity index (χ1) is 12.5. The zero-order valence-electron chi connectivity index (χ0n) is 14.8. The Labute approximate surface area is 173 Å². The van der Waals surface area contributed by atoms with Gasteiger partial charge in [-0.3, -0.25) is 0 Å². The van der Waals surface area contributed by atoms with Crippen LogP contribution in [0.1, 0.15) is 24.3 Å². The molecule has 0 saturated heterocycles. The van der Waals surface area contributed by atoms with E-state index in [0.717, 1.165) is 42.8 Å². The van der Waals surface area contributed by atoms with Crippen LogP contribution in [0.5, 0.6) is 0 Å². The summed E-state index contributed by atoms with van der Waals surface area (Å²) in [5.41, 5.74) is 2.25. The zero-order valence-corrected chi connectivity index (χ0v) is 18.8. The molecule has 0 N–H and O–H groups in total.